The summed E-state index contributed by atoms with van der Waals surface area (Å²) in [5.74, 6) is 0. The van der Waals surface area contributed by atoms with Crippen LogP contribution in [0.4, 0.5) is 4.39 Å². The first kappa shape index (κ1) is 16.4. The van der Waals surface area contributed by atoms with Crippen LogP contribution < -0.4 is 17.7 Å². The Morgan fingerprint density at radius 3 is 2.47 bits per heavy atom. The number of hydrogen-bond donors (Lipinski definition) is 1. The molecule has 17 heavy (non-hydrogen) atoms. The molecular formula is C14H23ClFN. The minimum Gasteiger partial charge on any atom is -1.00 e. The molecular weight excluding hydrogens is 237 g/mol. The van der Waals surface area contributed by atoms with Crippen molar-refractivity contribution in [1.82, 2.24) is 0 Å². The minimum atomic E-state index is -0.167. The van der Waals surface area contributed by atoms with Crippen LogP contribution in [-0.4, -0.2) is 19.3 Å². The molecule has 0 fully saturated rings. The summed E-state index contributed by atoms with van der Waals surface area (Å²) in [6.07, 6.45) is 3.99. The maximum atomic E-state index is 11.9. The summed E-state index contributed by atoms with van der Waals surface area (Å²) in [6, 6.07) is 11.2. The van der Waals surface area contributed by atoms with Crippen molar-refractivity contribution < 1.29 is 22.1 Å². The van der Waals surface area contributed by atoms with Gasteiger partial charge in [0, 0.05) is 6.42 Å². The van der Waals surface area contributed by atoms with E-state index in [1.165, 1.54) is 5.56 Å². The van der Waals surface area contributed by atoms with E-state index < -0.39 is 0 Å². The average Bonchev–Trinajstić information content (AvgIpc) is 2.30. The monoisotopic (exact) mass is 259 g/mol. The van der Waals surface area contributed by atoms with Crippen LogP contribution >= 0.6 is 0 Å². The third-order valence-corrected chi connectivity index (χ3v) is 2.81. The zero-order valence-electron chi connectivity index (χ0n) is 10.5. The number of nitrogens with two attached hydrogens (primary N) is 1. The molecule has 1 atom stereocenters. The lowest BCUT2D eigenvalue weighted by Gasteiger charge is -2.10. The molecule has 0 saturated carbocycles. The van der Waals surface area contributed by atoms with Gasteiger partial charge in [0.25, 0.3) is 0 Å². The lowest BCUT2D eigenvalue weighted by Crippen LogP contribution is -3.00. The number of alkyl halides is 1. The third kappa shape index (κ3) is 8.17. The number of rotatable bonds is 8. The Morgan fingerprint density at radius 2 is 1.82 bits per heavy atom. The molecule has 0 amide bonds. The molecule has 0 saturated heterocycles. The van der Waals surface area contributed by atoms with Gasteiger partial charge in [-0.25, -0.2) is 0 Å². The third-order valence-electron chi connectivity index (χ3n) is 2.81. The summed E-state index contributed by atoms with van der Waals surface area (Å²) in [5, 5.41) is 2.37. The summed E-state index contributed by atoms with van der Waals surface area (Å²) < 4.78 is 11.9. The number of quaternary nitrogens is 1. The fourth-order valence-corrected chi connectivity index (χ4v) is 1.89. The zero-order valence-corrected chi connectivity index (χ0v) is 11.3. The highest BCUT2D eigenvalue weighted by molar-refractivity contribution is 5.15. The Labute approximate surface area is 110 Å². The smallest absolute Gasteiger partial charge is 0.0894 e. The van der Waals surface area contributed by atoms with Crippen LogP contribution in [0.3, 0.4) is 0 Å². The Bertz CT molecular complexity index is 266. The summed E-state index contributed by atoms with van der Waals surface area (Å²) in [4.78, 5) is 0. The van der Waals surface area contributed by atoms with Crippen molar-refractivity contribution in [2.24, 2.45) is 0 Å². The van der Waals surface area contributed by atoms with E-state index in [0.29, 0.717) is 6.04 Å². The molecule has 0 spiro atoms. The molecule has 1 nitrogen and oxygen atoms in total. The van der Waals surface area contributed by atoms with Crippen molar-refractivity contribution in [2.75, 3.05) is 13.2 Å². The second kappa shape index (κ2) is 10.5. The first-order chi connectivity index (χ1) is 7.83. The second-order valence-electron chi connectivity index (χ2n) is 4.44. The Kier molecular flexibility index (Phi) is 10.2. The number of halogens is 2. The second-order valence-corrected chi connectivity index (χ2v) is 4.44. The van der Waals surface area contributed by atoms with Crippen molar-refractivity contribution in [1.29, 1.82) is 0 Å². The summed E-state index contributed by atoms with van der Waals surface area (Å²) in [5.41, 5.74) is 1.40. The molecule has 0 radical (unpaired) electrons. The molecule has 1 aromatic carbocycles. The van der Waals surface area contributed by atoms with Crippen LogP contribution in [0.15, 0.2) is 30.3 Å². The highest BCUT2D eigenvalue weighted by atomic mass is 35.5. The van der Waals surface area contributed by atoms with Gasteiger partial charge in [-0.2, -0.15) is 0 Å². The number of hydrogen-bond acceptors (Lipinski definition) is 0. The molecule has 1 rings (SSSR count). The number of unbranched alkanes of at least 4 members (excludes halogenated alkanes) is 2. The fraction of sp³-hybridized carbons (Fsp3) is 0.571. The number of benzene rings is 1. The molecule has 0 aliphatic carbocycles. The van der Waals surface area contributed by atoms with E-state index in [1.807, 2.05) is 0 Å². The Hall–Kier alpha value is -0.600. The van der Waals surface area contributed by atoms with E-state index in [-0.39, 0.29) is 19.1 Å². The highest BCUT2D eigenvalue weighted by Gasteiger charge is 2.05. The average molecular weight is 260 g/mol. The van der Waals surface area contributed by atoms with E-state index in [9.17, 15) is 4.39 Å². The maximum Gasteiger partial charge on any atom is 0.0894 e. The fourth-order valence-electron chi connectivity index (χ4n) is 1.89. The van der Waals surface area contributed by atoms with Gasteiger partial charge in [0.05, 0.1) is 19.3 Å². The van der Waals surface area contributed by atoms with Crippen molar-refractivity contribution in [3.63, 3.8) is 0 Å². The van der Waals surface area contributed by atoms with Crippen LogP contribution in [0.5, 0.6) is 0 Å². The van der Waals surface area contributed by atoms with Crippen LogP contribution in [0.1, 0.15) is 31.7 Å². The maximum absolute atomic E-state index is 11.9. The van der Waals surface area contributed by atoms with E-state index >= 15 is 0 Å². The SMILES string of the molecule is CC(Cc1ccccc1)[NH2+]CCCCCF.[Cl-]. The first-order valence-corrected chi connectivity index (χ1v) is 6.26. The van der Waals surface area contributed by atoms with Gasteiger partial charge in [-0.15, -0.1) is 0 Å². The van der Waals surface area contributed by atoms with Crippen LogP contribution in [0.25, 0.3) is 0 Å². The van der Waals surface area contributed by atoms with Crippen molar-refractivity contribution >= 4 is 0 Å². The lowest BCUT2D eigenvalue weighted by atomic mass is 10.1. The summed E-state index contributed by atoms with van der Waals surface area (Å²) in [6.45, 7) is 3.20. The van der Waals surface area contributed by atoms with Gasteiger partial charge in [0.15, 0.2) is 0 Å². The van der Waals surface area contributed by atoms with Gasteiger partial charge < -0.3 is 17.7 Å². The van der Waals surface area contributed by atoms with Gasteiger partial charge in [0.2, 0.25) is 0 Å². The molecule has 1 unspecified atom stereocenters. The molecule has 3 heteroatoms. The van der Waals surface area contributed by atoms with Crippen molar-refractivity contribution in [3.8, 4) is 0 Å². The van der Waals surface area contributed by atoms with Gasteiger partial charge in [-0.3, -0.25) is 4.39 Å². The van der Waals surface area contributed by atoms with Gasteiger partial charge in [-0.1, -0.05) is 30.3 Å². The predicted molar refractivity (Wildman–Crippen MR) is 66.2 cm³/mol. The van der Waals surface area contributed by atoms with Crippen molar-refractivity contribution in [2.45, 2.75) is 38.6 Å². The van der Waals surface area contributed by atoms with Gasteiger partial charge in [0.1, 0.15) is 0 Å². The quantitative estimate of drug-likeness (QED) is 0.596. The lowest BCUT2D eigenvalue weighted by molar-refractivity contribution is -0.686. The van der Waals surface area contributed by atoms with Crippen LogP contribution in [0.2, 0.25) is 0 Å². The van der Waals surface area contributed by atoms with Gasteiger partial charge >= 0.3 is 0 Å². The zero-order chi connectivity index (χ0) is 11.6. The highest BCUT2D eigenvalue weighted by Crippen LogP contribution is 2.00. The molecule has 98 valence electrons. The van der Waals surface area contributed by atoms with E-state index in [2.05, 4.69) is 42.6 Å². The molecule has 0 aromatic heterocycles. The predicted octanol–water partition coefficient (Wildman–Crippen LogP) is -0.675. The topological polar surface area (TPSA) is 16.6 Å². The minimum absolute atomic E-state index is 0. The molecule has 1 aromatic rings. The largest absolute Gasteiger partial charge is 1.00 e. The molecule has 0 bridgehead atoms. The first-order valence-electron chi connectivity index (χ1n) is 6.26. The standard InChI is InChI=1S/C14H22FN.ClH/c1-13(16-11-7-3-6-10-15)12-14-8-4-2-5-9-14;/h2,4-5,8-9,13,16H,3,6-7,10-12H2,1H3;1H. The van der Waals surface area contributed by atoms with E-state index in [4.69, 9.17) is 0 Å². The van der Waals surface area contributed by atoms with Crippen LogP contribution in [0, 0.1) is 0 Å². The molecule has 0 heterocycles. The Balaban J connectivity index is 0.00000256. The Morgan fingerprint density at radius 1 is 1.12 bits per heavy atom. The molecule has 2 N–H and O–H groups in total. The normalized spacial score (nSPS) is 11.9. The van der Waals surface area contributed by atoms with Gasteiger partial charge in [-0.05, 0) is 31.7 Å². The summed E-state index contributed by atoms with van der Waals surface area (Å²) in [7, 11) is 0. The van der Waals surface area contributed by atoms with Crippen LogP contribution in [-0.2, 0) is 6.42 Å². The van der Waals surface area contributed by atoms with Crippen molar-refractivity contribution in [3.05, 3.63) is 35.9 Å². The molecule has 0 aliphatic rings. The van der Waals surface area contributed by atoms with E-state index in [1.54, 1.807) is 0 Å². The van der Waals surface area contributed by atoms with E-state index in [0.717, 1.165) is 32.2 Å². The molecule has 0 aliphatic heterocycles. The summed E-state index contributed by atoms with van der Waals surface area (Å²) >= 11 is 0.